The van der Waals surface area contributed by atoms with Gasteiger partial charge in [0.25, 0.3) is 5.91 Å². The van der Waals surface area contributed by atoms with Crippen LogP contribution in [0.25, 0.3) is 21.2 Å². The number of aromatic nitrogens is 1. The Hall–Kier alpha value is -4.63. The summed E-state index contributed by atoms with van der Waals surface area (Å²) in [5, 5.41) is 22.2. The molecule has 0 spiro atoms. The van der Waals surface area contributed by atoms with Crippen molar-refractivity contribution in [3.8, 4) is 11.5 Å². The molecule has 5 aromatic rings. The van der Waals surface area contributed by atoms with Gasteiger partial charge in [-0.05, 0) is 55.0 Å². The molecule has 37 heavy (non-hydrogen) atoms. The minimum atomic E-state index is -1.03. The summed E-state index contributed by atoms with van der Waals surface area (Å²) in [6.07, 6.45) is 0. The smallest absolute Gasteiger partial charge is 0.296 e. The molecule has 0 radical (unpaired) electrons. The topological polar surface area (TPSA) is 113 Å². The van der Waals surface area contributed by atoms with E-state index in [4.69, 9.17) is 9.15 Å². The quantitative estimate of drug-likeness (QED) is 0.271. The lowest BCUT2D eigenvalue weighted by Gasteiger charge is -2.24. The standard InChI is InChI=1S/C28H20N2O6S/c1-2-35-18-10-11-19-22(14-18)37-28(29-19)30-24(16-7-5-8-17(31)12-16)23(26(33)27(30)34)25(32)21-13-15-6-3-4-9-20(15)36-21/h3-14,24,31,33H,2H2,1H3. The third-order valence-corrected chi connectivity index (χ3v) is 7.17. The lowest BCUT2D eigenvalue weighted by atomic mass is 9.95. The molecule has 3 heterocycles. The van der Waals surface area contributed by atoms with Crippen LogP contribution in [0, 0.1) is 0 Å². The van der Waals surface area contributed by atoms with Crippen LogP contribution < -0.4 is 9.64 Å². The summed E-state index contributed by atoms with van der Waals surface area (Å²) in [5.74, 6) is -1.46. The van der Waals surface area contributed by atoms with Gasteiger partial charge in [0.05, 0.1) is 28.4 Å². The van der Waals surface area contributed by atoms with Crippen molar-refractivity contribution in [3.63, 3.8) is 0 Å². The Morgan fingerprint density at radius 2 is 1.92 bits per heavy atom. The van der Waals surface area contributed by atoms with E-state index in [9.17, 15) is 19.8 Å². The number of rotatable bonds is 6. The molecular weight excluding hydrogens is 492 g/mol. The molecule has 0 fully saturated rings. The number of benzene rings is 3. The fraction of sp³-hybridized carbons (Fsp3) is 0.107. The van der Waals surface area contributed by atoms with E-state index in [1.807, 2.05) is 19.1 Å². The van der Waals surface area contributed by atoms with E-state index in [2.05, 4.69) is 4.98 Å². The van der Waals surface area contributed by atoms with Gasteiger partial charge in [0, 0.05) is 5.39 Å². The third kappa shape index (κ3) is 3.80. The van der Waals surface area contributed by atoms with Gasteiger partial charge in [-0.15, -0.1) is 0 Å². The minimum absolute atomic E-state index is 0.00629. The maximum absolute atomic E-state index is 13.7. The Kier molecular flexibility index (Phi) is 5.42. The number of thiazole rings is 1. The molecule has 184 valence electrons. The van der Waals surface area contributed by atoms with E-state index in [1.165, 1.54) is 28.4 Å². The molecule has 6 rings (SSSR count). The largest absolute Gasteiger partial charge is 0.508 e. The van der Waals surface area contributed by atoms with Gasteiger partial charge >= 0.3 is 0 Å². The fourth-order valence-corrected chi connectivity index (χ4v) is 5.54. The molecular formula is C28H20N2O6S. The number of phenols is 1. The highest BCUT2D eigenvalue weighted by Gasteiger charge is 2.46. The van der Waals surface area contributed by atoms with Crippen LogP contribution in [0.5, 0.6) is 11.5 Å². The van der Waals surface area contributed by atoms with E-state index >= 15 is 0 Å². The van der Waals surface area contributed by atoms with Gasteiger partial charge in [-0.1, -0.05) is 41.7 Å². The first-order valence-corrected chi connectivity index (χ1v) is 12.4. The number of aliphatic hydroxyl groups excluding tert-OH is 1. The second-order valence-corrected chi connectivity index (χ2v) is 9.48. The molecule has 1 aliphatic heterocycles. The van der Waals surface area contributed by atoms with Crippen LogP contribution in [0.15, 0.2) is 88.5 Å². The zero-order valence-corrected chi connectivity index (χ0v) is 20.4. The second kappa shape index (κ2) is 8.79. The number of carbonyl (C=O) groups excluding carboxylic acids is 2. The molecule has 0 bridgehead atoms. The van der Waals surface area contributed by atoms with Crippen molar-refractivity contribution >= 4 is 49.3 Å². The van der Waals surface area contributed by atoms with Gasteiger partial charge in [-0.2, -0.15) is 0 Å². The number of ketones is 1. The Morgan fingerprint density at radius 1 is 1.08 bits per heavy atom. The molecule has 0 saturated carbocycles. The number of ether oxygens (including phenoxy) is 1. The highest BCUT2D eigenvalue weighted by molar-refractivity contribution is 7.22. The zero-order valence-electron chi connectivity index (χ0n) is 19.5. The van der Waals surface area contributed by atoms with Crippen LogP contribution in [-0.2, 0) is 4.79 Å². The average molecular weight is 513 g/mol. The maximum atomic E-state index is 13.7. The van der Waals surface area contributed by atoms with E-state index in [0.29, 0.717) is 34.2 Å². The van der Waals surface area contributed by atoms with Crippen molar-refractivity contribution < 1.29 is 29.0 Å². The highest BCUT2D eigenvalue weighted by atomic mass is 32.1. The number of nitrogens with zero attached hydrogens (tertiary/aromatic N) is 2. The number of fused-ring (bicyclic) bond motifs is 2. The lowest BCUT2D eigenvalue weighted by Crippen LogP contribution is -2.30. The Morgan fingerprint density at radius 3 is 2.70 bits per heavy atom. The lowest BCUT2D eigenvalue weighted by molar-refractivity contribution is -0.117. The number of hydrogen-bond donors (Lipinski definition) is 2. The first kappa shape index (κ1) is 22.8. The first-order chi connectivity index (χ1) is 17.9. The van der Waals surface area contributed by atoms with Crippen LogP contribution in [0.2, 0.25) is 0 Å². The molecule has 0 saturated heterocycles. The summed E-state index contributed by atoms with van der Waals surface area (Å²) < 4.78 is 12.1. The van der Waals surface area contributed by atoms with Crippen molar-refractivity contribution in [2.75, 3.05) is 11.5 Å². The zero-order chi connectivity index (χ0) is 25.7. The molecule has 2 aromatic heterocycles. The second-order valence-electron chi connectivity index (χ2n) is 8.47. The first-order valence-electron chi connectivity index (χ1n) is 11.6. The van der Waals surface area contributed by atoms with E-state index < -0.39 is 23.5 Å². The van der Waals surface area contributed by atoms with Gasteiger partial charge in [0.1, 0.15) is 17.1 Å². The number of anilines is 1. The van der Waals surface area contributed by atoms with Gasteiger partial charge < -0.3 is 19.4 Å². The summed E-state index contributed by atoms with van der Waals surface area (Å²) in [6.45, 7) is 2.40. The molecule has 1 unspecified atom stereocenters. The van der Waals surface area contributed by atoms with Gasteiger partial charge in [0.2, 0.25) is 5.78 Å². The average Bonchev–Trinajstić information content (AvgIpc) is 3.58. The molecule has 2 N–H and O–H groups in total. The normalized spacial score (nSPS) is 15.8. The predicted octanol–water partition coefficient (Wildman–Crippen LogP) is 5.93. The van der Waals surface area contributed by atoms with Gasteiger partial charge in [-0.3, -0.25) is 14.5 Å². The van der Waals surface area contributed by atoms with Crippen molar-refractivity contribution in [2.45, 2.75) is 13.0 Å². The number of aliphatic hydroxyl groups is 1. The highest BCUT2D eigenvalue weighted by Crippen LogP contribution is 2.45. The summed E-state index contributed by atoms with van der Waals surface area (Å²) in [4.78, 5) is 33.1. The van der Waals surface area contributed by atoms with E-state index in [-0.39, 0.29) is 17.1 Å². The van der Waals surface area contributed by atoms with Crippen LogP contribution in [0.1, 0.15) is 29.1 Å². The Bertz CT molecular complexity index is 1700. The van der Waals surface area contributed by atoms with Crippen molar-refractivity contribution in [1.29, 1.82) is 0 Å². The summed E-state index contributed by atoms with van der Waals surface area (Å²) in [6, 6.07) is 19.3. The van der Waals surface area contributed by atoms with Gasteiger partial charge in [0.15, 0.2) is 16.7 Å². The van der Waals surface area contributed by atoms with Crippen molar-refractivity contribution in [3.05, 3.63) is 95.5 Å². The summed E-state index contributed by atoms with van der Waals surface area (Å²) in [7, 11) is 0. The fourth-order valence-electron chi connectivity index (χ4n) is 4.52. The molecule has 9 heteroatoms. The molecule has 3 aromatic carbocycles. The number of hydrogen-bond acceptors (Lipinski definition) is 8. The van der Waals surface area contributed by atoms with Crippen LogP contribution in [0.3, 0.4) is 0 Å². The summed E-state index contributed by atoms with van der Waals surface area (Å²) >= 11 is 1.24. The molecule has 0 aliphatic carbocycles. The van der Waals surface area contributed by atoms with Crippen molar-refractivity contribution in [1.82, 2.24) is 4.98 Å². The molecule has 1 amide bonds. The van der Waals surface area contributed by atoms with Crippen LogP contribution >= 0.6 is 11.3 Å². The van der Waals surface area contributed by atoms with Crippen LogP contribution in [0.4, 0.5) is 5.13 Å². The third-order valence-electron chi connectivity index (χ3n) is 6.15. The minimum Gasteiger partial charge on any atom is -0.508 e. The van der Waals surface area contributed by atoms with Crippen molar-refractivity contribution in [2.24, 2.45) is 0 Å². The SMILES string of the molecule is CCOc1ccc2nc(N3C(=O)C(O)=C(C(=O)c4cc5ccccc5o4)C3c3cccc(O)c3)sc2c1. The number of para-hydroxylation sites is 1. The number of furan rings is 1. The van der Waals surface area contributed by atoms with E-state index in [1.54, 1.807) is 48.5 Å². The van der Waals surface area contributed by atoms with E-state index in [0.717, 1.165) is 10.1 Å². The number of Topliss-reactive ketones (excluding diaryl/α,β-unsaturated/α-hetero) is 1. The molecule has 1 atom stereocenters. The number of amides is 1. The number of phenolic OH excluding ortho intramolecular Hbond substituents is 1. The Balaban J connectivity index is 1.49. The monoisotopic (exact) mass is 512 g/mol. The predicted molar refractivity (Wildman–Crippen MR) is 139 cm³/mol. The number of carbonyl (C=O) groups is 2. The van der Waals surface area contributed by atoms with Gasteiger partial charge in [-0.25, -0.2) is 4.98 Å². The molecule has 1 aliphatic rings. The summed E-state index contributed by atoms with van der Waals surface area (Å²) in [5.41, 5.74) is 1.44. The van der Waals surface area contributed by atoms with Crippen LogP contribution in [-0.4, -0.2) is 33.5 Å². The molecule has 8 nitrogen and oxygen atoms in total. The Labute approximate surface area is 214 Å². The number of aromatic hydroxyl groups is 1. The maximum Gasteiger partial charge on any atom is 0.296 e.